The van der Waals surface area contributed by atoms with E-state index in [-0.39, 0.29) is 17.8 Å². The van der Waals surface area contributed by atoms with Crippen LogP contribution in [0.3, 0.4) is 0 Å². The van der Waals surface area contributed by atoms with Gasteiger partial charge in [0.2, 0.25) is 0 Å². The van der Waals surface area contributed by atoms with Gasteiger partial charge in [0, 0.05) is 12.6 Å². The van der Waals surface area contributed by atoms with Crippen molar-refractivity contribution in [3.8, 4) is 5.75 Å². The van der Waals surface area contributed by atoms with Crippen molar-refractivity contribution in [2.45, 2.75) is 31.9 Å². The molecule has 1 aliphatic heterocycles. The van der Waals surface area contributed by atoms with Crippen LogP contribution in [0.25, 0.3) is 10.9 Å². The van der Waals surface area contributed by atoms with Gasteiger partial charge < -0.3 is 14.8 Å². The standard InChI is InChI=1S/C16H19N3O4/c1-10-8-11(6-7-23-10)18-16-13(19(20)21)9-17-12-4-3-5-14(22-2)15(12)16/h3-5,9-11H,6-8H2,1-2H3,(H,17,18). The van der Waals surface area contributed by atoms with E-state index >= 15 is 0 Å². The summed E-state index contributed by atoms with van der Waals surface area (Å²) in [4.78, 5) is 15.2. The van der Waals surface area contributed by atoms with Crippen molar-refractivity contribution in [3.63, 3.8) is 0 Å². The molecule has 23 heavy (non-hydrogen) atoms. The summed E-state index contributed by atoms with van der Waals surface area (Å²) in [7, 11) is 1.55. The summed E-state index contributed by atoms with van der Waals surface area (Å²) in [5, 5.41) is 15.4. The van der Waals surface area contributed by atoms with E-state index in [1.807, 2.05) is 19.1 Å². The number of anilines is 1. The van der Waals surface area contributed by atoms with E-state index in [4.69, 9.17) is 9.47 Å². The highest BCUT2D eigenvalue weighted by Crippen LogP contribution is 2.38. The van der Waals surface area contributed by atoms with E-state index in [9.17, 15) is 10.1 Å². The largest absolute Gasteiger partial charge is 0.496 e. The summed E-state index contributed by atoms with van der Waals surface area (Å²) in [5.74, 6) is 0.571. The molecule has 3 rings (SSSR count). The molecule has 1 fully saturated rings. The van der Waals surface area contributed by atoms with Gasteiger partial charge in [-0.25, -0.2) is 4.98 Å². The first-order chi connectivity index (χ1) is 11.1. The summed E-state index contributed by atoms with van der Waals surface area (Å²) in [5.41, 5.74) is 1.09. The summed E-state index contributed by atoms with van der Waals surface area (Å²) in [6, 6.07) is 5.54. The molecule has 7 nitrogen and oxygen atoms in total. The first-order valence-corrected chi connectivity index (χ1v) is 7.58. The molecule has 1 saturated heterocycles. The number of methoxy groups -OCH3 is 1. The molecule has 0 radical (unpaired) electrons. The normalized spacial score (nSPS) is 21.1. The Morgan fingerprint density at radius 2 is 2.30 bits per heavy atom. The zero-order valence-corrected chi connectivity index (χ0v) is 13.1. The molecule has 2 unspecified atom stereocenters. The van der Waals surface area contributed by atoms with E-state index in [1.165, 1.54) is 6.20 Å². The SMILES string of the molecule is COc1cccc2ncc([N+](=O)[O-])c(NC3CCOC(C)C3)c12. The van der Waals surface area contributed by atoms with Crippen LogP contribution in [0, 0.1) is 10.1 Å². The average molecular weight is 317 g/mol. The molecule has 0 amide bonds. The predicted octanol–water partition coefficient (Wildman–Crippen LogP) is 3.13. The lowest BCUT2D eigenvalue weighted by Gasteiger charge is -2.29. The zero-order chi connectivity index (χ0) is 16.4. The molecule has 0 saturated carbocycles. The number of hydrogen-bond acceptors (Lipinski definition) is 6. The zero-order valence-electron chi connectivity index (χ0n) is 13.1. The first kappa shape index (κ1) is 15.5. The molecule has 0 bridgehead atoms. The molecule has 7 heteroatoms. The van der Waals surface area contributed by atoms with Gasteiger partial charge in [-0.05, 0) is 31.9 Å². The van der Waals surface area contributed by atoms with E-state index in [2.05, 4.69) is 10.3 Å². The molecule has 0 aliphatic carbocycles. The monoisotopic (exact) mass is 317 g/mol. The van der Waals surface area contributed by atoms with Crippen LogP contribution in [-0.4, -0.2) is 35.8 Å². The van der Waals surface area contributed by atoms with Crippen molar-refractivity contribution in [1.29, 1.82) is 0 Å². The van der Waals surface area contributed by atoms with Crippen LogP contribution in [0.1, 0.15) is 19.8 Å². The number of nitro groups is 1. The third-order valence-electron chi connectivity index (χ3n) is 4.09. The number of fused-ring (bicyclic) bond motifs is 1. The molecule has 0 spiro atoms. The topological polar surface area (TPSA) is 86.5 Å². The fourth-order valence-corrected chi connectivity index (χ4v) is 2.99. The Morgan fingerprint density at radius 1 is 1.48 bits per heavy atom. The van der Waals surface area contributed by atoms with Crippen LogP contribution < -0.4 is 10.1 Å². The van der Waals surface area contributed by atoms with Gasteiger partial charge in [-0.15, -0.1) is 0 Å². The minimum absolute atomic E-state index is 0.0406. The van der Waals surface area contributed by atoms with E-state index in [0.29, 0.717) is 28.9 Å². The summed E-state index contributed by atoms with van der Waals surface area (Å²) >= 11 is 0. The van der Waals surface area contributed by atoms with Crippen molar-refractivity contribution in [3.05, 3.63) is 34.5 Å². The molecule has 1 aromatic carbocycles. The van der Waals surface area contributed by atoms with Gasteiger partial charge in [-0.3, -0.25) is 10.1 Å². The lowest BCUT2D eigenvalue weighted by Crippen LogP contribution is -2.32. The second-order valence-corrected chi connectivity index (χ2v) is 5.68. The summed E-state index contributed by atoms with van der Waals surface area (Å²) in [6.07, 6.45) is 3.04. The Morgan fingerprint density at radius 3 is 3.00 bits per heavy atom. The Labute approximate surface area is 133 Å². The van der Waals surface area contributed by atoms with E-state index in [1.54, 1.807) is 13.2 Å². The lowest BCUT2D eigenvalue weighted by atomic mass is 10.0. The number of nitrogens with one attached hydrogen (secondary N) is 1. The van der Waals surface area contributed by atoms with Crippen molar-refractivity contribution in [2.24, 2.45) is 0 Å². The molecule has 1 aromatic heterocycles. The average Bonchev–Trinajstić information content (AvgIpc) is 2.54. The van der Waals surface area contributed by atoms with Crippen molar-refractivity contribution >= 4 is 22.3 Å². The second-order valence-electron chi connectivity index (χ2n) is 5.68. The number of benzene rings is 1. The maximum atomic E-state index is 11.4. The summed E-state index contributed by atoms with van der Waals surface area (Å²) in [6.45, 7) is 2.65. The van der Waals surface area contributed by atoms with Gasteiger partial charge in [0.25, 0.3) is 0 Å². The maximum absolute atomic E-state index is 11.4. The Balaban J connectivity index is 2.11. The maximum Gasteiger partial charge on any atom is 0.311 e. The number of ether oxygens (including phenoxy) is 2. The molecule has 1 N–H and O–H groups in total. The molecule has 2 heterocycles. The highest BCUT2D eigenvalue weighted by molar-refractivity contribution is 6.00. The molecular weight excluding hydrogens is 298 g/mol. The molecule has 1 aliphatic rings. The minimum atomic E-state index is -0.413. The van der Waals surface area contributed by atoms with Gasteiger partial charge >= 0.3 is 5.69 Å². The van der Waals surface area contributed by atoms with Gasteiger partial charge in [0.15, 0.2) is 0 Å². The van der Waals surface area contributed by atoms with Crippen molar-refractivity contribution in [2.75, 3.05) is 19.0 Å². The summed E-state index contributed by atoms with van der Waals surface area (Å²) < 4.78 is 10.9. The molecule has 122 valence electrons. The molecule has 2 aromatic rings. The van der Waals surface area contributed by atoms with Gasteiger partial charge in [0.1, 0.15) is 17.6 Å². The van der Waals surface area contributed by atoms with Crippen LogP contribution in [0.15, 0.2) is 24.4 Å². The Kier molecular flexibility index (Phi) is 4.29. The van der Waals surface area contributed by atoms with E-state index in [0.717, 1.165) is 12.8 Å². The number of rotatable bonds is 4. The quantitative estimate of drug-likeness (QED) is 0.688. The first-order valence-electron chi connectivity index (χ1n) is 7.58. The molecular formula is C16H19N3O4. The number of pyridine rings is 1. The highest BCUT2D eigenvalue weighted by Gasteiger charge is 2.26. The van der Waals surface area contributed by atoms with Crippen LogP contribution in [0.2, 0.25) is 0 Å². The van der Waals surface area contributed by atoms with Crippen LogP contribution in [0.4, 0.5) is 11.4 Å². The van der Waals surface area contributed by atoms with E-state index < -0.39 is 4.92 Å². The third kappa shape index (κ3) is 3.05. The van der Waals surface area contributed by atoms with Crippen molar-refractivity contribution in [1.82, 2.24) is 4.98 Å². The number of hydrogen-bond donors (Lipinski definition) is 1. The fraction of sp³-hybridized carbons (Fsp3) is 0.438. The Hall–Kier alpha value is -2.41. The van der Waals surface area contributed by atoms with Crippen LogP contribution in [0.5, 0.6) is 5.75 Å². The third-order valence-corrected chi connectivity index (χ3v) is 4.09. The minimum Gasteiger partial charge on any atom is -0.496 e. The number of nitrogens with zero attached hydrogens (tertiary/aromatic N) is 2. The van der Waals surface area contributed by atoms with Crippen LogP contribution in [-0.2, 0) is 4.74 Å². The smallest absolute Gasteiger partial charge is 0.311 e. The predicted molar refractivity (Wildman–Crippen MR) is 87.0 cm³/mol. The highest BCUT2D eigenvalue weighted by atomic mass is 16.6. The van der Waals surface area contributed by atoms with Gasteiger partial charge in [-0.1, -0.05) is 6.07 Å². The molecule has 2 atom stereocenters. The fourth-order valence-electron chi connectivity index (χ4n) is 2.99. The Bertz CT molecular complexity index is 735. The van der Waals surface area contributed by atoms with Crippen molar-refractivity contribution < 1.29 is 14.4 Å². The van der Waals surface area contributed by atoms with Gasteiger partial charge in [0.05, 0.1) is 29.0 Å². The van der Waals surface area contributed by atoms with Crippen LogP contribution >= 0.6 is 0 Å². The lowest BCUT2D eigenvalue weighted by molar-refractivity contribution is -0.384. The van der Waals surface area contributed by atoms with Gasteiger partial charge in [-0.2, -0.15) is 0 Å². The second kappa shape index (κ2) is 6.37. The number of aromatic nitrogens is 1.